The van der Waals surface area contributed by atoms with Crippen molar-refractivity contribution in [2.45, 2.75) is 25.3 Å². The highest BCUT2D eigenvalue weighted by atomic mass is 19.2. The Kier molecular flexibility index (Phi) is 9.02. The third-order valence-corrected chi connectivity index (χ3v) is 8.50. The summed E-state index contributed by atoms with van der Waals surface area (Å²) in [5.74, 6) is -1.03. The highest BCUT2D eigenvalue weighted by molar-refractivity contribution is 5.94. The van der Waals surface area contributed by atoms with Gasteiger partial charge in [-0.3, -0.25) is 4.79 Å². The molecule has 9 heteroatoms. The van der Waals surface area contributed by atoms with Gasteiger partial charge in [0.25, 0.3) is 5.91 Å². The van der Waals surface area contributed by atoms with Gasteiger partial charge >= 0.3 is 0 Å². The molecule has 0 radical (unpaired) electrons. The largest absolute Gasteiger partial charge is 0.472 e. The van der Waals surface area contributed by atoms with Crippen LogP contribution >= 0.6 is 0 Å². The van der Waals surface area contributed by atoms with Crippen LogP contribution < -0.4 is 4.90 Å². The topological polar surface area (TPSA) is 57.8 Å². The van der Waals surface area contributed by atoms with E-state index < -0.39 is 11.6 Å². The summed E-state index contributed by atoms with van der Waals surface area (Å²) < 4.78 is 35.7. The molecule has 44 heavy (non-hydrogen) atoms. The minimum absolute atomic E-state index is 0.0955. The third-order valence-electron chi connectivity index (χ3n) is 8.50. The number of fused-ring (bicyclic) bond motifs is 1. The number of halogens is 2. The fraction of sp³-hybridized carbons (Fsp3) is 0.314. The van der Waals surface area contributed by atoms with Crippen molar-refractivity contribution in [1.82, 2.24) is 19.4 Å². The van der Waals surface area contributed by atoms with Gasteiger partial charge in [-0.2, -0.15) is 0 Å². The van der Waals surface area contributed by atoms with Gasteiger partial charge in [-0.1, -0.05) is 36.4 Å². The number of imidazole rings is 1. The fourth-order valence-corrected chi connectivity index (χ4v) is 6.10. The predicted molar refractivity (Wildman–Crippen MR) is 168 cm³/mol. The number of nitrogens with zero attached hydrogens (tertiary/aromatic N) is 5. The molecule has 7 nitrogen and oxygen atoms in total. The van der Waals surface area contributed by atoms with Gasteiger partial charge in [0, 0.05) is 50.3 Å². The van der Waals surface area contributed by atoms with E-state index in [2.05, 4.69) is 20.4 Å². The summed E-state index contributed by atoms with van der Waals surface area (Å²) in [7, 11) is 1.77. The monoisotopic (exact) mass is 597 g/mol. The minimum Gasteiger partial charge on any atom is -0.472 e. The zero-order valence-corrected chi connectivity index (χ0v) is 24.9. The van der Waals surface area contributed by atoms with Crippen LogP contribution in [0.25, 0.3) is 11.0 Å². The second-order valence-corrected chi connectivity index (χ2v) is 11.5. The number of para-hydroxylation sites is 2. The zero-order chi connectivity index (χ0) is 30.5. The van der Waals surface area contributed by atoms with Crippen LogP contribution in [0, 0.1) is 11.6 Å². The molecule has 0 saturated carbocycles. The quantitative estimate of drug-likeness (QED) is 0.186. The van der Waals surface area contributed by atoms with E-state index in [0.717, 1.165) is 61.7 Å². The van der Waals surface area contributed by atoms with Gasteiger partial charge in [-0.25, -0.2) is 13.8 Å². The number of benzene rings is 3. The van der Waals surface area contributed by atoms with E-state index in [4.69, 9.17) is 9.40 Å². The van der Waals surface area contributed by atoms with Gasteiger partial charge in [-0.05, 0) is 74.0 Å². The van der Waals surface area contributed by atoms with Gasteiger partial charge in [0.15, 0.2) is 11.6 Å². The summed E-state index contributed by atoms with van der Waals surface area (Å²) >= 11 is 0. The molecule has 228 valence electrons. The van der Waals surface area contributed by atoms with E-state index in [0.29, 0.717) is 30.6 Å². The molecule has 1 unspecified atom stereocenters. The molecule has 3 aromatic carbocycles. The molecule has 6 rings (SSSR count). The van der Waals surface area contributed by atoms with Crippen LogP contribution in [0.15, 0.2) is 95.8 Å². The molecule has 3 heterocycles. The van der Waals surface area contributed by atoms with Crippen LogP contribution in [-0.4, -0.2) is 71.6 Å². The molecular formula is C35H37F2N5O2. The Morgan fingerprint density at radius 3 is 2.57 bits per heavy atom. The number of carbonyl (C=O) groups is 1. The van der Waals surface area contributed by atoms with Crippen molar-refractivity contribution in [2.24, 2.45) is 0 Å². The molecule has 0 N–H and O–H groups in total. The van der Waals surface area contributed by atoms with Crippen molar-refractivity contribution in [1.29, 1.82) is 0 Å². The standard InChI is InChI=1S/C35H37F2N5O2/c1-39(34(43)27-8-3-2-4-9-27)24-29(28-12-13-30(36)31(37)22-28)14-18-40-16-7-17-41(20-19-40)35-38-32-10-5-6-11-33(32)42(35)23-26-15-21-44-25-26/h2-6,8-13,15,21-22,25,29H,7,14,16-20,23-24H2,1H3. The number of rotatable bonds is 10. The van der Waals surface area contributed by atoms with E-state index in [1.165, 1.54) is 12.1 Å². The van der Waals surface area contributed by atoms with Crippen LogP contribution in [0.5, 0.6) is 0 Å². The smallest absolute Gasteiger partial charge is 0.253 e. The average Bonchev–Trinajstić information content (AvgIpc) is 3.63. The molecule has 0 bridgehead atoms. The van der Waals surface area contributed by atoms with Gasteiger partial charge < -0.3 is 23.7 Å². The summed E-state index contributed by atoms with van der Waals surface area (Å²) in [5.41, 5.74) is 4.44. The lowest BCUT2D eigenvalue weighted by Gasteiger charge is -2.28. The summed E-state index contributed by atoms with van der Waals surface area (Å²) in [5, 5.41) is 0. The van der Waals surface area contributed by atoms with Crippen molar-refractivity contribution >= 4 is 22.9 Å². The van der Waals surface area contributed by atoms with E-state index in [-0.39, 0.29) is 11.8 Å². The minimum atomic E-state index is -0.868. The number of aromatic nitrogens is 2. The highest BCUT2D eigenvalue weighted by Gasteiger charge is 2.24. The zero-order valence-electron chi connectivity index (χ0n) is 24.9. The highest BCUT2D eigenvalue weighted by Crippen LogP contribution is 2.27. The van der Waals surface area contributed by atoms with Crippen molar-refractivity contribution in [2.75, 3.05) is 51.2 Å². The van der Waals surface area contributed by atoms with Crippen LogP contribution in [-0.2, 0) is 6.54 Å². The molecule has 1 fully saturated rings. The lowest BCUT2D eigenvalue weighted by molar-refractivity contribution is 0.0782. The second kappa shape index (κ2) is 13.4. The lowest BCUT2D eigenvalue weighted by Crippen LogP contribution is -2.35. The predicted octanol–water partition coefficient (Wildman–Crippen LogP) is 6.41. The summed E-state index contributed by atoms with van der Waals surface area (Å²) in [6, 6.07) is 23.4. The van der Waals surface area contributed by atoms with Gasteiger partial charge in [0.2, 0.25) is 5.95 Å². The maximum atomic E-state index is 14.3. The fourth-order valence-electron chi connectivity index (χ4n) is 6.10. The third kappa shape index (κ3) is 6.68. The van der Waals surface area contributed by atoms with Crippen LogP contribution in [0.1, 0.15) is 40.2 Å². The van der Waals surface area contributed by atoms with Crippen LogP contribution in [0.2, 0.25) is 0 Å². The first kappa shape index (κ1) is 29.6. The van der Waals surface area contributed by atoms with Gasteiger partial charge in [0.1, 0.15) is 0 Å². The summed E-state index contributed by atoms with van der Waals surface area (Å²) in [4.78, 5) is 24.6. The number of anilines is 1. The molecule has 1 amide bonds. The normalized spacial score (nSPS) is 14.9. The number of hydrogen-bond acceptors (Lipinski definition) is 5. The lowest BCUT2D eigenvalue weighted by atomic mass is 9.94. The molecule has 1 atom stereocenters. The van der Waals surface area contributed by atoms with Crippen LogP contribution in [0.4, 0.5) is 14.7 Å². The van der Waals surface area contributed by atoms with E-state index >= 15 is 0 Å². The molecule has 1 aliphatic heterocycles. The number of amides is 1. The Labute approximate surface area is 256 Å². The summed E-state index contributed by atoms with van der Waals surface area (Å²) in [6.45, 7) is 5.31. The maximum Gasteiger partial charge on any atom is 0.253 e. The second-order valence-electron chi connectivity index (χ2n) is 11.5. The van der Waals surface area contributed by atoms with E-state index in [1.807, 2.05) is 42.5 Å². The number of carbonyl (C=O) groups excluding carboxylic acids is 1. The average molecular weight is 598 g/mol. The Hall–Kier alpha value is -4.50. The molecule has 0 aliphatic carbocycles. The Morgan fingerprint density at radius 2 is 1.77 bits per heavy atom. The number of likely N-dealkylation sites (N-methyl/N-ethyl adjacent to an activating group) is 1. The molecule has 0 spiro atoms. The number of furan rings is 1. The van der Waals surface area contributed by atoms with Gasteiger partial charge in [0.05, 0.1) is 30.1 Å². The molecule has 1 aliphatic rings. The summed E-state index contributed by atoms with van der Waals surface area (Å²) in [6.07, 6.45) is 5.14. The Balaban J connectivity index is 1.15. The first-order valence-electron chi connectivity index (χ1n) is 15.2. The van der Waals surface area contributed by atoms with Crippen molar-refractivity contribution in [3.8, 4) is 0 Å². The van der Waals surface area contributed by atoms with E-state index in [9.17, 15) is 13.6 Å². The van der Waals surface area contributed by atoms with Crippen molar-refractivity contribution in [3.63, 3.8) is 0 Å². The van der Waals surface area contributed by atoms with Gasteiger partial charge in [-0.15, -0.1) is 0 Å². The van der Waals surface area contributed by atoms with Crippen molar-refractivity contribution < 1.29 is 18.0 Å². The number of hydrogen-bond donors (Lipinski definition) is 0. The molecule has 1 saturated heterocycles. The molecular weight excluding hydrogens is 560 g/mol. The van der Waals surface area contributed by atoms with Crippen molar-refractivity contribution in [3.05, 3.63) is 120 Å². The molecule has 2 aromatic heterocycles. The van der Waals surface area contributed by atoms with Crippen LogP contribution in [0.3, 0.4) is 0 Å². The SMILES string of the molecule is CN(CC(CCN1CCCN(c2nc3ccccc3n2Cc2ccoc2)CC1)c1ccc(F)c(F)c1)C(=O)c1ccccc1. The maximum absolute atomic E-state index is 14.3. The molecule has 5 aromatic rings. The van der Waals surface area contributed by atoms with E-state index in [1.54, 1.807) is 42.7 Å². The Morgan fingerprint density at radius 1 is 0.955 bits per heavy atom. The first-order valence-corrected chi connectivity index (χ1v) is 15.2. The first-order chi connectivity index (χ1) is 21.5. The Bertz CT molecular complexity index is 1690.